The minimum atomic E-state index is -0.807. The van der Waals surface area contributed by atoms with Gasteiger partial charge >= 0.3 is 6.09 Å². The van der Waals surface area contributed by atoms with Crippen LogP contribution >= 0.6 is 0 Å². The predicted octanol–water partition coefficient (Wildman–Crippen LogP) is 1.86. The molecule has 18 heavy (non-hydrogen) atoms. The molecule has 96 valence electrons. The first kappa shape index (κ1) is 14.1. The molecule has 2 atom stereocenters. The number of hydrogen-bond acceptors (Lipinski definition) is 3. The molecule has 0 saturated heterocycles. The molecule has 0 aliphatic rings. The lowest BCUT2D eigenvalue weighted by molar-refractivity contribution is 0.111. The van der Waals surface area contributed by atoms with Crippen molar-refractivity contribution in [1.82, 2.24) is 5.32 Å². The Morgan fingerprint density at radius 1 is 1.50 bits per heavy atom. The van der Waals surface area contributed by atoms with Gasteiger partial charge in [0.05, 0.1) is 19.3 Å². The molecule has 1 amide bonds. The molecule has 0 aliphatic carbocycles. The Morgan fingerprint density at radius 2 is 2.17 bits per heavy atom. The molecule has 4 nitrogen and oxygen atoms in total. The molecule has 0 bridgehead atoms. The average Bonchev–Trinajstić information content (AvgIpc) is 2.43. The molecular formula is C14H17NO3. The van der Waals surface area contributed by atoms with E-state index in [1.54, 1.807) is 12.1 Å². The van der Waals surface area contributed by atoms with Gasteiger partial charge in [0, 0.05) is 6.42 Å². The molecule has 0 spiro atoms. The largest absolute Gasteiger partial charge is 0.453 e. The number of carbonyl (C=O) groups excluding carboxylic acids is 1. The Bertz CT molecular complexity index is 411. The molecule has 1 rings (SSSR count). The molecule has 1 aromatic rings. The third-order valence-electron chi connectivity index (χ3n) is 2.61. The van der Waals surface area contributed by atoms with Crippen LogP contribution in [0.5, 0.6) is 0 Å². The summed E-state index contributed by atoms with van der Waals surface area (Å²) in [5, 5.41) is 12.8. The lowest BCUT2D eigenvalue weighted by atomic mass is 9.99. The van der Waals surface area contributed by atoms with Gasteiger partial charge in [0.1, 0.15) is 0 Å². The van der Waals surface area contributed by atoms with Crippen LogP contribution < -0.4 is 5.32 Å². The summed E-state index contributed by atoms with van der Waals surface area (Å²) in [6, 6.07) is 8.65. The van der Waals surface area contributed by atoms with Gasteiger partial charge < -0.3 is 15.2 Å². The molecule has 1 aromatic carbocycles. The molecule has 0 saturated carbocycles. The second-order valence-electron chi connectivity index (χ2n) is 3.84. The van der Waals surface area contributed by atoms with Gasteiger partial charge in [-0.2, -0.15) is 0 Å². The zero-order chi connectivity index (χ0) is 13.4. The number of hydrogen-bond donors (Lipinski definition) is 2. The fourth-order valence-electron chi connectivity index (χ4n) is 1.64. The Balaban J connectivity index is 2.75. The first-order chi connectivity index (χ1) is 8.69. The summed E-state index contributed by atoms with van der Waals surface area (Å²) < 4.78 is 4.53. The number of amides is 1. The number of terminal acetylenes is 1. The predicted molar refractivity (Wildman–Crippen MR) is 68.8 cm³/mol. The molecule has 0 heterocycles. The zero-order valence-electron chi connectivity index (χ0n) is 10.3. The lowest BCUT2D eigenvalue weighted by Gasteiger charge is -2.23. The second kappa shape index (κ2) is 7.36. The maximum Gasteiger partial charge on any atom is 0.407 e. The van der Waals surface area contributed by atoms with Crippen molar-refractivity contribution in [2.24, 2.45) is 0 Å². The topological polar surface area (TPSA) is 58.6 Å². The third-order valence-corrected chi connectivity index (χ3v) is 2.61. The highest BCUT2D eigenvalue weighted by atomic mass is 16.5. The van der Waals surface area contributed by atoms with Crippen molar-refractivity contribution in [2.45, 2.75) is 25.0 Å². The third kappa shape index (κ3) is 4.11. The molecule has 0 aliphatic heterocycles. The number of rotatable bonds is 5. The summed E-state index contributed by atoms with van der Waals surface area (Å²) in [6.45, 7) is 0. The molecule has 0 radical (unpaired) electrons. The summed E-state index contributed by atoms with van der Waals surface area (Å²) >= 11 is 0. The lowest BCUT2D eigenvalue weighted by Crippen LogP contribution is -2.39. The van der Waals surface area contributed by atoms with Crippen LogP contribution in [0.15, 0.2) is 30.3 Å². The van der Waals surface area contributed by atoms with E-state index in [0.29, 0.717) is 12.8 Å². The molecular weight excluding hydrogens is 230 g/mol. The highest BCUT2D eigenvalue weighted by Gasteiger charge is 2.22. The van der Waals surface area contributed by atoms with Crippen molar-refractivity contribution in [1.29, 1.82) is 0 Å². The minimum absolute atomic E-state index is 0.462. The number of nitrogens with one attached hydrogen (secondary N) is 1. The van der Waals surface area contributed by atoms with E-state index in [1.165, 1.54) is 7.11 Å². The molecule has 0 unspecified atom stereocenters. The number of carbonyl (C=O) groups is 1. The minimum Gasteiger partial charge on any atom is -0.453 e. The van der Waals surface area contributed by atoms with Crippen LogP contribution in [-0.2, 0) is 4.74 Å². The highest BCUT2D eigenvalue weighted by Crippen LogP contribution is 2.19. The number of ether oxygens (including phenoxy) is 1. The number of aliphatic hydroxyl groups excluding tert-OH is 1. The smallest absolute Gasteiger partial charge is 0.407 e. The van der Waals surface area contributed by atoms with Crippen LogP contribution in [0.2, 0.25) is 0 Å². The van der Waals surface area contributed by atoms with Crippen LogP contribution in [0.3, 0.4) is 0 Å². The monoisotopic (exact) mass is 247 g/mol. The van der Waals surface area contributed by atoms with Gasteiger partial charge in [0.2, 0.25) is 0 Å². The van der Waals surface area contributed by atoms with Gasteiger partial charge in [0.15, 0.2) is 0 Å². The van der Waals surface area contributed by atoms with E-state index in [2.05, 4.69) is 16.0 Å². The molecule has 4 heteroatoms. The van der Waals surface area contributed by atoms with Gasteiger partial charge in [-0.05, 0) is 12.0 Å². The van der Waals surface area contributed by atoms with Crippen LogP contribution in [0.1, 0.15) is 24.5 Å². The quantitative estimate of drug-likeness (QED) is 0.781. The summed E-state index contributed by atoms with van der Waals surface area (Å²) in [5.41, 5.74) is 0.732. The van der Waals surface area contributed by atoms with E-state index in [1.807, 2.05) is 18.2 Å². The van der Waals surface area contributed by atoms with E-state index in [0.717, 1.165) is 5.56 Å². The van der Waals surface area contributed by atoms with Gasteiger partial charge in [0.25, 0.3) is 0 Å². The summed E-state index contributed by atoms with van der Waals surface area (Å²) in [7, 11) is 1.28. The van der Waals surface area contributed by atoms with Crippen LogP contribution in [-0.4, -0.2) is 24.4 Å². The number of methoxy groups -OCH3 is 1. The molecule has 2 N–H and O–H groups in total. The summed E-state index contributed by atoms with van der Waals surface area (Å²) in [6.07, 6.45) is 4.78. The fourth-order valence-corrected chi connectivity index (χ4v) is 1.64. The fraction of sp³-hybridized carbons (Fsp3) is 0.357. The summed E-state index contributed by atoms with van der Waals surface area (Å²) in [5.74, 6) is 2.49. The van der Waals surface area contributed by atoms with Crippen LogP contribution in [0.4, 0.5) is 4.79 Å². The van der Waals surface area contributed by atoms with E-state index in [-0.39, 0.29) is 0 Å². The van der Waals surface area contributed by atoms with E-state index in [4.69, 9.17) is 6.42 Å². The maximum absolute atomic E-state index is 11.2. The van der Waals surface area contributed by atoms with Crippen molar-refractivity contribution in [3.8, 4) is 12.3 Å². The van der Waals surface area contributed by atoms with E-state index in [9.17, 15) is 9.90 Å². The Labute approximate surface area is 107 Å². The molecule has 0 fully saturated rings. The number of aliphatic hydroxyl groups is 1. The van der Waals surface area contributed by atoms with Gasteiger partial charge in [-0.1, -0.05) is 30.3 Å². The van der Waals surface area contributed by atoms with E-state index < -0.39 is 18.2 Å². The molecule has 0 aromatic heterocycles. The van der Waals surface area contributed by atoms with E-state index >= 15 is 0 Å². The van der Waals surface area contributed by atoms with Gasteiger partial charge in [-0.25, -0.2) is 4.79 Å². The highest BCUT2D eigenvalue weighted by molar-refractivity contribution is 5.67. The zero-order valence-corrected chi connectivity index (χ0v) is 10.3. The Kier molecular flexibility index (Phi) is 5.75. The van der Waals surface area contributed by atoms with Crippen molar-refractivity contribution >= 4 is 6.09 Å². The normalized spacial score (nSPS) is 13.2. The van der Waals surface area contributed by atoms with Crippen LogP contribution in [0.25, 0.3) is 0 Å². The van der Waals surface area contributed by atoms with Gasteiger partial charge in [-0.3, -0.25) is 0 Å². The van der Waals surface area contributed by atoms with Crippen molar-refractivity contribution in [3.05, 3.63) is 35.9 Å². The summed E-state index contributed by atoms with van der Waals surface area (Å²) in [4.78, 5) is 11.2. The van der Waals surface area contributed by atoms with Crippen molar-refractivity contribution < 1.29 is 14.6 Å². The van der Waals surface area contributed by atoms with Crippen LogP contribution in [0, 0.1) is 12.3 Å². The second-order valence-corrected chi connectivity index (χ2v) is 3.84. The maximum atomic E-state index is 11.2. The number of benzene rings is 1. The van der Waals surface area contributed by atoms with Crippen molar-refractivity contribution in [2.75, 3.05) is 7.11 Å². The van der Waals surface area contributed by atoms with Gasteiger partial charge in [-0.15, -0.1) is 12.3 Å². The first-order valence-electron chi connectivity index (χ1n) is 5.70. The Morgan fingerprint density at radius 3 is 2.72 bits per heavy atom. The number of alkyl carbamates (subject to hydrolysis) is 1. The average molecular weight is 247 g/mol. The van der Waals surface area contributed by atoms with Crippen molar-refractivity contribution in [3.63, 3.8) is 0 Å². The first-order valence-corrected chi connectivity index (χ1v) is 5.70. The standard InChI is InChI=1S/C14H17NO3/c1-3-4-10-12(15-14(17)18-2)13(16)11-8-6-5-7-9-11/h1,5-9,12-13,16H,4,10H2,2H3,(H,15,17)/t12-,13-/m1/s1. The SMILES string of the molecule is C#CCC[C@@H](NC(=O)OC)[C@H](O)c1ccccc1. The Hall–Kier alpha value is -1.99.